The van der Waals surface area contributed by atoms with Gasteiger partial charge in [0.15, 0.2) is 5.75 Å². The third kappa shape index (κ3) is 8.18. The Labute approximate surface area is 322 Å². The number of nitrogens with zero attached hydrogens (tertiary/aromatic N) is 1. The van der Waals surface area contributed by atoms with Crippen molar-refractivity contribution in [3.8, 4) is 11.5 Å². The lowest BCUT2D eigenvalue weighted by atomic mass is 9.64. The van der Waals surface area contributed by atoms with Gasteiger partial charge >= 0.3 is 17.9 Å². The Morgan fingerprint density at radius 1 is 1.06 bits per heavy atom. The molecule has 2 aliphatic carbocycles. The number of phenols is 1. The highest BCUT2D eigenvalue weighted by Crippen LogP contribution is 2.72. The lowest BCUT2D eigenvalue weighted by Crippen LogP contribution is -2.32. The largest absolute Gasteiger partial charge is 0.506 e. The van der Waals surface area contributed by atoms with Crippen LogP contribution in [-0.2, 0) is 16.1 Å². The van der Waals surface area contributed by atoms with Gasteiger partial charge in [-0.1, -0.05) is 75.5 Å². The number of hydrogen-bond acceptors (Lipinski definition) is 8. The number of ether oxygens (including phenoxy) is 2. The number of likely N-dealkylation sites (N-methyl/N-ethyl adjacent to an activating group) is 1. The molecule has 12 heteroatoms. The lowest BCUT2D eigenvalue weighted by Gasteiger charge is -2.40. The number of hydrogen-bond donors (Lipinski definition) is 3. The maximum absolute atomic E-state index is 14.3. The first kappa shape index (κ1) is 41.3. The maximum Gasteiger partial charge on any atom is 0.343 e. The molecule has 0 saturated heterocycles. The van der Waals surface area contributed by atoms with Gasteiger partial charge in [-0.15, -0.1) is 12.4 Å². The topological polar surface area (TPSA) is 125 Å². The van der Waals surface area contributed by atoms with E-state index in [2.05, 4.69) is 26.1 Å². The van der Waals surface area contributed by atoms with E-state index >= 15 is 0 Å². The van der Waals surface area contributed by atoms with Gasteiger partial charge in [0.05, 0.1) is 17.1 Å². The van der Waals surface area contributed by atoms with E-state index in [1.165, 1.54) is 12.1 Å². The van der Waals surface area contributed by atoms with Crippen molar-refractivity contribution < 1.29 is 34.1 Å². The lowest BCUT2D eigenvalue weighted by molar-refractivity contribution is -0.150. The number of rotatable bonds is 14. The van der Waals surface area contributed by atoms with Crippen molar-refractivity contribution in [2.24, 2.45) is 16.7 Å². The van der Waals surface area contributed by atoms with E-state index in [9.17, 15) is 24.6 Å². The second kappa shape index (κ2) is 16.7. The van der Waals surface area contributed by atoms with Crippen LogP contribution in [0.25, 0.3) is 0 Å². The Kier molecular flexibility index (Phi) is 13.2. The molecule has 4 atom stereocenters. The van der Waals surface area contributed by atoms with Gasteiger partial charge in [0.1, 0.15) is 17.4 Å². The fourth-order valence-corrected chi connectivity index (χ4v) is 8.73. The number of fused-ring (bicyclic) bond motifs is 2. The van der Waals surface area contributed by atoms with Gasteiger partial charge in [-0.3, -0.25) is 9.69 Å². The van der Waals surface area contributed by atoms with E-state index in [0.29, 0.717) is 39.7 Å². The number of carbonyl (C=O) groups is 3. The maximum atomic E-state index is 14.3. The molecular weight excluding hydrogens is 727 g/mol. The first-order valence-electron chi connectivity index (χ1n) is 17.5. The van der Waals surface area contributed by atoms with Gasteiger partial charge < -0.3 is 25.0 Å². The van der Waals surface area contributed by atoms with Crippen LogP contribution in [0.15, 0.2) is 48.5 Å². The Morgan fingerprint density at radius 2 is 1.77 bits per heavy atom. The third-order valence-electron chi connectivity index (χ3n) is 11.4. The number of carbonyl (C=O) groups excluding carboxylic acids is 2. The molecule has 2 bridgehead atoms. The molecule has 0 aromatic heterocycles. The summed E-state index contributed by atoms with van der Waals surface area (Å²) in [4.78, 5) is 41.7. The third-order valence-corrected chi connectivity index (χ3v) is 11.9. The van der Waals surface area contributed by atoms with Crippen molar-refractivity contribution in [2.45, 2.75) is 84.8 Å². The minimum absolute atomic E-state index is 0. The zero-order chi connectivity index (χ0) is 37.2. The first-order chi connectivity index (χ1) is 24.1. The molecule has 2 aliphatic rings. The van der Waals surface area contributed by atoms with Crippen molar-refractivity contribution in [1.82, 2.24) is 4.90 Å². The van der Waals surface area contributed by atoms with Crippen molar-refractivity contribution in [2.75, 3.05) is 26.0 Å². The zero-order valence-electron chi connectivity index (χ0n) is 30.6. The van der Waals surface area contributed by atoms with Crippen LogP contribution >= 0.6 is 35.6 Å². The van der Waals surface area contributed by atoms with Gasteiger partial charge in [0.25, 0.3) is 0 Å². The quantitative estimate of drug-likeness (QED) is 0.108. The number of phenolic OH excluding ortho intramolecular Hbond substituents is 1. The smallest absolute Gasteiger partial charge is 0.343 e. The summed E-state index contributed by atoms with van der Waals surface area (Å²) in [5.74, 6) is -2.29. The van der Waals surface area contributed by atoms with Gasteiger partial charge in [0, 0.05) is 33.9 Å². The first-order valence-corrected chi connectivity index (χ1v) is 18.3. The molecule has 9 nitrogen and oxygen atoms in total. The van der Waals surface area contributed by atoms with Crippen molar-refractivity contribution in [1.29, 1.82) is 0 Å². The predicted octanol–water partition coefficient (Wildman–Crippen LogP) is 9.92. The molecule has 0 heterocycles. The summed E-state index contributed by atoms with van der Waals surface area (Å²) in [7, 11) is 3.55. The second-order valence-electron chi connectivity index (χ2n) is 15.0. The van der Waals surface area contributed by atoms with Crippen LogP contribution in [0.2, 0.25) is 10.0 Å². The summed E-state index contributed by atoms with van der Waals surface area (Å²) in [5.41, 5.74) is 1.91. The molecule has 5 rings (SSSR count). The monoisotopic (exact) mass is 774 g/mol. The van der Waals surface area contributed by atoms with Crippen LogP contribution in [0.4, 0.5) is 5.69 Å². The fraction of sp³-hybridized carbons (Fsp3) is 0.475. The highest BCUT2D eigenvalue weighted by Gasteiger charge is 2.62. The number of halogens is 3. The summed E-state index contributed by atoms with van der Waals surface area (Å²) in [5, 5.41) is 25.1. The van der Waals surface area contributed by atoms with Gasteiger partial charge in [-0.05, 0) is 99.2 Å². The normalized spacial score (nSPS) is 20.6. The minimum Gasteiger partial charge on any atom is -0.506 e. The van der Waals surface area contributed by atoms with Gasteiger partial charge in [-0.2, -0.15) is 0 Å². The summed E-state index contributed by atoms with van der Waals surface area (Å²) in [6, 6.07) is 13.0. The molecule has 0 amide bonds. The van der Waals surface area contributed by atoms with E-state index in [0.717, 1.165) is 32.1 Å². The minimum atomic E-state index is -1.23. The Hall–Kier alpha value is -3.50. The summed E-state index contributed by atoms with van der Waals surface area (Å²) >= 11 is 12.5. The van der Waals surface area contributed by atoms with Crippen LogP contribution in [0.1, 0.15) is 116 Å². The summed E-state index contributed by atoms with van der Waals surface area (Å²) in [6.07, 6.45) is 4.20. The van der Waals surface area contributed by atoms with E-state index in [4.69, 9.17) is 32.7 Å². The number of carboxylic acids is 1. The van der Waals surface area contributed by atoms with Crippen LogP contribution in [0, 0.1) is 16.7 Å². The van der Waals surface area contributed by atoms with Crippen LogP contribution in [0.3, 0.4) is 0 Å². The Balaban J connectivity index is 0.00000605. The van der Waals surface area contributed by atoms with Gasteiger partial charge in [0.2, 0.25) is 0 Å². The Bertz CT molecular complexity index is 1810. The molecule has 52 heavy (non-hydrogen) atoms. The van der Waals surface area contributed by atoms with Crippen molar-refractivity contribution >= 4 is 59.2 Å². The molecule has 2 saturated carbocycles. The number of nitrogens with one attached hydrogen (secondary N) is 1. The standard InChI is InChI=1S/C40H48Cl2N2O7.ClH/c1-7-8-13-32(50-33(45)22-44(5)6)26-11-9-10-12-27(26)38(49)51-36-28(37(47)48)14-15-31(43-21-23-18-25(41)20-30(42)35(23)46)34(36)29-19-24-16-17-40(29,4)39(24,2)3;/h9-12,14-15,18,20,24,29,32,43,46H,7-8,13,16-17,19,21-22H2,1-6H3,(H,47,48);1H. The number of unbranched alkanes of at least 4 members (excludes halogenated alkanes) is 1. The molecular formula is C40H49Cl3N2O7. The van der Waals surface area contributed by atoms with E-state index < -0.39 is 24.0 Å². The highest BCUT2D eigenvalue weighted by atomic mass is 35.5. The average molecular weight is 776 g/mol. The van der Waals surface area contributed by atoms with E-state index in [1.807, 2.05) is 6.92 Å². The summed E-state index contributed by atoms with van der Waals surface area (Å²) in [6.45, 7) is 9.01. The predicted molar refractivity (Wildman–Crippen MR) is 206 cm³/mol. The van der Waals surface area contributed by atoms with E-state index in [1.54, 1.807) is 55.4 Å². The summed E-state index contributed by atoms with van der Waals surface area (Å²) < 4.78 is 12.2. The average Bonchev–Trinajstić information content (AvgIpc) is 3.41. The van der Waals surface area contributed by atoms with Crippen LogP contribution in [-0.4, -0.2) is 53.7 Å². The molecule has 0 spiro atoms. The Morgan fingerprint density at radius 3 is 2.38 bits per heavy atom. The number of aromatic carboxylic acids is 1. The SMILES string of the molecule is CCCCC(OC(=O)CN(C)C)c1ccccc1C(=O)Oc1c(C(=O)O)ccc(NCc2cc(Cl)cc(Cl)c2O)c1C1CC2CCC1(C)C2(C)C.Cl. The molecule has 4 unspecified atom stereocenters. The number of esters is 2. The number of aromatic hydroxyl groups is 1. The number of benzene rings is 3. The number of anilines is 1. The molecule has 3 aromatic carbocycles. The second-order valence-corrected chi connectivity index (χ2v) is 15.8. The molecule has 2 fully saturated rings. The van der Waals surface area contributed by atoms with Crippen LogP contribution in [0.5, 0.6) is 11.5 Å². The molecule has 0 aliphatic heterocycles. The number of carboxylic acid groups (broad SMARTS) is 1. The fourth-order valence-electron chi connectivity index (χ4n) is 8.20. The molecule has 0 radical (unpaired) electrons. The molecule has 3 aromatic rings. The van der Waals surface area contributed by atoms with E-state index in [-0.39, 0.29) is 69.9 Å². The van der Waals surface area contributed by atoms with Gasteiger partial charge in [-0.25, -0.2) is 9.59 Å². The zero-order valence-corrected chi connectivity index (χ0v) is 32.9. The van der Waals surface area contributed by atoms with Crippen LogP contribution < -0.4 is 10.1 Å². The highest BCUT2D eigenvalue weighted by molar-refractivity contribution is 6.35. The molecule has 282 valence electrons. The molecule has 3 N–H and O–H groups in total. The van der Waals surface area contributed by atoms with Crippen molar-refractivity contribution in [3.05, 3.63) is 86.4 Å². The van der Waals surface area contributed by atoms with Crippen molar-refractivity contribution in [3.63, 3.8) is 0 Å².